The van der Waals surface area contributed by atoms with Gasteiger partial charge in [-0.05, 0) is 24.3 Å². The second kappa shape index (κ2) is 9.19. The quantitative estimate of drug-likeness (QED) is 0.280. The Hall–Kier alpha value is -4.91. The highest BCUT2D eigenvalue weighted by Crippen LogP contribution is 2.24. The molecule has 182 valence electrons. The van der Waals surface area contributed by atoms with Gasteiger partial charge in [0.25, 0.3) is 0 Å². The van der Waals surface area contributed by atoms with E-state index in [4.69, 9.17) is 24.9 Å². The minimum absolute atomic E-state index is 0.515. The van der Waals surface area contributed by atoms with Crippen LogP contribution in [0.5, 0.6) is 0 Å². The molecule has 7 nitrogen and oxygen atoms in total. The summed E-state index contributed by atoms with van der Waals surface area (Å²) in [6.07, 6.45) is 5.37. The molecule has 2 aromatic carbocycles. The van der Waals surface area contributed by atoms with E-state index in [1.54, 1.807) is 0 Å². The second-order valence-electron chi connectivity index (χ2n) is 9.32. The summed E-state index contributed by atoms with van der Waals surface area (Å²) in [4.78, 5) is 33.3. The molecule has 0 N–H and O–H groups in total. The van der Waals surface area contributed by atoms with E-state index < -0.39 is 0 Å². The van der Waals surface area contributed by atoms with Crippen molar-refractivity contribution in [1.29, 1.82) is 0 Å². The molecule has 0 radical (unpaired) electrons. The number of rotatable bonds is 5. The van der Waals surface area contributed by atoms with Crippen molar-refractivity contribution >= 4 is 43.6 Å². The minimum atomic E-state index is 0.515. The van der Waals surface area contributed by atoms with Gasteiger partial charge in [0.1, 0.15) is 17.5 Å². The van der Waals surface area contributed by atoms with E-state index in [0.717, 1.165) is 67.2 Å². The molecule has 7 aromatic rings. The summed E-state index contributed by atoms with van der Waals surface area (Å²) in [5.41, 5.74) is 5.40. The van der Waals surface area contributed by atoms with Crippen LogP contribution in [0.15, 0.2) is 85.2 Å². The first-order valence-corrected chi connectivity index (χ1v) is 12.7. The summed E-state index contributed by atoms with van der Waals surface area (Å²) in [7, 11) is 0. The van der Waals surface area contributed by atoms with Crippen LogP contribution in [-0.4, -0.2) is 34.9 Å². The average Bonchev–Trinajstić information content (AvgIpc) is 2.97. The number of hydrogen-bond donors (Lipinski definition) is 0. The molecule has 38 heavy (non-hydrogen) atoms. The van der Waals surface area contributed by atoms with Crippen LogP contribution in [0.2, 0.25) is 0 Å². The predicted molar refractivity (Wildman–Crippen MR) is 149 cm³/mol. The molecule has 5 aromatic heterocycles. The number of aryl methyl sites for hydroxylation is 1. The first-order chi connectivity index (χ1) is 18.7. The topological polar surface area (TPSA) is 90.2 Å². The van der Waals surface area contributed by atoms with Crippen molar-refractivity contribution in [3.05, 3.63) is 114 Å². The molecule has 7 heteroatoms. The lowest BCUT2D eigenvalue weighted by atomic mass is 10.1. The standard InChI is InChI=1S/C31H23N7/c1-2-25-36-26(17-23-13-11-21-9-7-19-5-3-15-32-28(19)30(21)34-23)38-27(37-25)18-24-14-12-22-10-8-20-6-4-16-33-29(20)31(22)35-24/h3-16H,2,17-18H2,1H3. The van der Waals surface area contributed by atoms with Crippen LogP contribution in [0.25, 0.3) is 43.6 Å². The third kappa shape index (κ3) is 4.08. The zero-order valence-electron chi connectivity index (χ0n) is 20.8. The largest absolute Gasteiger partial charge is 0.254 e. The van der Waals surface area contributed by atoms with Gasteiger partial charge in [0.15, 0.2) is 0 Å². The maximum absolute atomic E-state index is 4.95. The third-order valence-electron chi connectivity index (χ3n) is 6.75. The lowest BCUT2D eigenvalue weighted by molar-refractivity contribution is 0.779. The highest BCUT2D eigenvalue weighted by molar-refractivity contribution is 6.03. The molecular weight excluding hydrogens is 470 g/mol. The smallest absolute Gasteiger partial charge is 0.138 e. The number of benzene rings is 2. The zero-order valence-corrected chi connectivity index (χ0v) is 20.8. The number of nitrogens with zero attached hydrogens (tertiary/aromatic N) is 7. The van der Waals surface area contributed by atoms with Gasteiger partial charge >= 0.3 is 0 Å². The Morgan fingerprint density at radius 3 is 1.34 bits per heavy atom. The molecule has 7 rings (SSSR count). The first kappa shape index (κ1) is 22.3. The van der Waals surface area contributed by atoms with Crippen LogP contribution >= 0.6 is 0 Å². The fraction of sp³-hybridized carbons (Fsp3) is 0.129. The number of aromatic nitrogens is 7. The Morgan fingerprint density at radius 1 is 0.447 bits per heavy atom. The third-order valence-corrected chi connectivity index (χ3v) is 6.75. The summed E-state index contributed by atoms with van der Waals surface area (Å²) >= 11 is 0. The Kier molecular flexibility index (Phi) is 5.39. The lowest BCUT2D eigenvalue weighted by Gasteiger charge is -2.09. The Labute approximate surface area is 218 Å². The molecular formula is C31H23N7. The average molecular weight is 494 g/mol. The van der Waals surface area contributed by atoms with E-state index >= 15 is 0 Å². The molecule has 0 spiro atoms. The summed E-state index contributed by atoms with van der Waals surface area (Å²) < 4.78 is 0. The van der Waals surface area contributed by atoms with E-state index in [-0.39, 0.29) is 0 Å². The van der Waals surface area contributed by atoms with Crippen molar-refractivity contribution < 1.29 is 0 Å². The maximum atomic E-state index is 4.95. The van der Waals surface area contributed by atoms with Gasteiger partial charge in [-0.1, -0.05) is 55.5 Å². The molecule has 0 aliphatic heterocycles. The Morgan fingerprint density at radius 2 is 0.868 bits per heavy atom. The van der Waals surface area contributed by atoms with Crippen LogP contribution in [0.1, 0.15) is 35.8 Å². The van der Waals surface area contributed by atoms with Crippen LogP contribution in [0.3, 0.4) is 0 Å². The maximum Gasteiger partial charge on any atom is 0.138 e. The molecule has 0 fully saturated rings. The van der Waals surface area contributed by atoms with E-state index in [1.807, 2.05) is 36.7 Å². The molecule has 0 saturated heterocycles. The van der Waals surface area contributed by atoms with Crippen molar-refractivity contribution in [2.75, 3.05) is 0 Å². The number of hydrogen-bond acceptors (Lipinski definition) is 7. The normalized spacial score (nSPS) is 11.6. The molecule has 0 aliphatic carbocycles. The molecule has 0 atom stereocenters. The lowest BCUT2D eigenvalue weighted by Crippen LogP contribution is -2.09. The fourth-order valence-corrected chi connectivity index (χ4v) is 4.89. The number of pyridine rings is 4. The van der Waals surface area contributed by atoms with Crippen molar-refractivity contribution in [3.8, 4) is 0 Å². The monoisotopic (exact) mass is 493 g/mol. The van der Waals surface area contributed by atoms with Crippen molar-refractivity contribution in [1.82, 2.24) is 34.9 Å². The van der Waals surface area contributed by atoms with Crippen molar-refractivity contribution in [2.24, 2.45) is 0 Å². The van der Waals surface area contributed by atoms with Crippen LogP contribution < -0.4 is 0 Å². The van der Waals surface area contributed by atoms with E-state index in [1.165, 1.54) is 0 Å². The molecule has 0 bridgehead atoms. The molecule has 0 aliphatic rings. The van der Waals surface area contributed by atoms with Gasteiger partial charge in [-0.25, -0.2) is 15.0 Å². The van der Waals surface area contributed by atoms with Gasteiger partial charge in [-0.2, -0.15) is 0 Å². The van der Waals surface area contributed by atoms with Gasteiger partial charge in [-0.3, -0.25) is 19.9 Å². The molecule has 0 saturated carbocycles. The summed E-state index contributed by atoms with van der Waals surface area (Å²) in [6, 6.07) is 24.6. The highest BCUT2D eigenvalue weighted by Gasteiger charge is 2.12. The van der Waals surface area contributed by atoms with E-state index in [2.05, 4.69) is 65.4 Å². The minimum Gasteiger partial charge on any atom is -0.254 e. The second-order valence-corrected chi connectivity index (χ2v) is 9.32. The Bertz CT molecular complexity index is 1840. The fourth-order valence-electron chi connectivity index (χ4n) is 4.89. The van der Waals surface area contributed by atoms with Crippen LogP contribution in [0, 0.1) is 0 Å². The van der Waals surface area contributed by atoms with Crippen LogP contribution in [-0.2, 0) is 19.3 Å². The predicted octanol–water partition coefficient (Wildman–Crippen LogP) is 5.81. The van der Waals surface area contributed by atoms with E-state index in [9.17, 15) is 0 Å². The van der Waals surface area contributed by atoms with Gasteiger partial charge in [0, 0.05) is 51.7 Å². The van der Waals surface area contributed by atoms with Crippen molar-refractivity contribution in [3.63, 3.8) is 0 Å². The summed E-state index contributed by atoms with van der Waals surface area (Å²) in [6.45, 7) is 2.06. The first-order valence-electron chi connectivity index (χ1n) is 12.7. The Balaban J connectivity index is 1.24. The summed E-state index contributed by atoms with van der Waals surface area (Å²) in [5, 5.41) is 4.28. The van der Waals surface area contributed by atoms with Gasteiger partial charge in [0.2, 0.25) is 0 Å². The highest BCUT2D eigenvalue weighted by atomic mass is 15.0. The SMILES string of the molecule is CCc1nc(Cc2ccc3ccc4cccnc4c3n2)nc(Cc2ccc3ccc4cccnc4c3n2)n1. The van der Waals surface area contributed by atoms with Gasteiger partial charge in [-0.15, -0.1) is 0 Å². The van der Waals surface area contributed by atoms with Crippen LogP contribution in [0.4, 0.5) is 0 Å². The summed E-state index contributed by atoms with van der Waals surface area (Å²) in [5.74, 6) is 2.19. The molecule has 0 amide bonds. The van der Waals surface area contributed by atoms with E-state index in [0.29, 0.717) is 24.5 Å². The zero-order chi connectivity index (χ0) is 25.5. The molecule has 5 heterocycles. The number of fused-ring (bicyclic) bond motifs is 6. The van der Waals surface area contributed by atoms with Gasteiger partial charge in [0.05, 0.1) is 34.9 Å². The van der Waals surface area contributed by atoms with Crippen molar-refractivity contribution in [2.45, 2.75) is 26.2 Å². The van der Waals surface area contributed by atoms with Gasteiger partial charge < -0.3 is 0 Å². The molecule has 0 unspecified atom stereocenters.